The van der Waals surface area contributed by atoms with Crippen molar-refractivity contribution in [3.05, 3.63) is 29.8 Å². The van der Waals surface area contributed by atoms with E-state index in [0.717, 1.165) is 24.1 Å². The number of hydrogen-bond acceptors (Lipinski definition) is 2. The second-order valence-corrected chi connectivity index (χ2v) is 7.56. The molecule has 26 heavy (non-hydrogen) atoms. The van der Waals surface area contributed by atoms with E-state index in [4.69, 9.17) is 0 Å². The van der Waals surface area contributed by atoms with Gasteiger partial charge in [0.2, 0.25) is 5.91 Å². The van der Waals surface area contributed by atoms with Gasteiger partial charge in [-0.25, -0.2) is 0 Å². The molecule has 1 saturated carbocycles. The van der Waals surface area contributed by atoms with E-state index < -0.39 is 0 Å². The quantitative estimate of drug-likeness (QED) is 0.397. The summed E-state index contributed by atoms with van der Waals surface area (Å²) in [6.07, 6.45) is 10.1. The lowest BCUT2D eigenvalue weighted by molar-refractivity contribution is -0.116. The van der Waals surface area contributed by atoms with Gasteiger partial charge in [-0.2, -0.15) is 0 Å². The van der Waals surface area contributed by atoms with Crippen LogP contribution in [0.25, 0.3) is 0 Å². The van der Waals surface area contributed by atoms with Crippen LogP contribution in [0.3, 0.4) is 0 Å². The fourth-order valence-corrected chi connectivity index (χ4v) is 4.19. The third-order valence-electron chi connectivity index (χ3n) is 5.65. The first-order valence-corrected chi connectivity index (χ1v) is 10.1. The maximum Gasteiger partial charge on any atom is 0.225 e. The van der Waals surface area contributed by atoms with Crippen molar-refractivity contribution in [2.24, 2.45) is 10.9 Å². The third-order valence-corrected chi connectivity index (χ3v) is 5.65. The molecule has 1 fully saturated rings. The number of hydrogen-bond donors (Lipinski definition) is 3. The zero-order chi connectivity index (χ0) is 18.2. The normalized spacial score (nSPS) is 20.6. The average molecular weight is 357 g/mol. The van der Waals surface area contributed by atoms with Crippen molar-refractivity contribution >= 4 is 17.6 Å². The predicted molar refractivity (Wildman–Crippen MR) is 108 cm³/mol. The van der Waals surface area contributed by atoms with Crippen LogP contribution in [0.2, 0.25) is 0 Å². The Morgan fingerprint density at radius 2 is 2.00 bits per heavy atom. The van der Waals surface area contributed by atoms with Crippen LogP contribution in [0, 0.1) is 5.92 Å². The molecule has 5 nitrogen and oxygen atoms in total. The number of unbranched alkanes of at least 4 members (excludes halogenated alkanes) is 1. The smallest absolute Gasteiger partial charge is 0.225 e. The topological polar surface area (TPSA) is 65.5 Å². The standard InChI is InChI=1S/C21H32N4O/c1-22-21(23-13-7-6-10-16-8-2-3-9-16)24-15-17-14-20(26)25-19-12-5-4-11-18(17)19/h4-5,11-12,16-17H,2-3,6-10,13-15H2,1H3,(H,25,26)(H2,22,23,24). The van der Waals surface area contributed by atoms with Crippen molar-refractivity contribution in [3.8, 4) is 0 Å². The molecule has 0 saturated heterocycles. The molecule has 1 aromatic carbocycles. The van der Waals surface area contributed by atoms with Gasteiger partial charge in [0.05, 0.1) is 0 Å². The van der Waals surface area contributed by atoms with Crippen LogP contribution >= 0.6 is 0 Å². The molecular formula is C21H32N4O. The second-order valence-electron chi connectivity index (χ2n) is 7.56. The molecule has 1 aliphatic carbocycles. The van der Waals surface area contributed by atoms with Gasteiger partial charge in [-0.1, -0.05) is 56.7 Å². The van der Waals surface area contributed by atoms with Gasteiger partial charge >= 0.3 is 0 Å². The van der Waals surface area contributed by atoms with Crippen LogP contribution in [0.4, 0.5) is 5.69 Å². The number of rotatable bonds is 7. The highest BCUT2D eigenvalue weighted by Gasteiger charge is 2.24. The number of carbonyl (C=O) groups is 1. The summed E-state index contributed by atoms with van der Waals surface area (Å²) in [6, 6.07) is 8.05. The minimum Gasteiger partial charge on any atom is -0.356 e. The third kappa shape index (κ3) is 5.23. The Balaban J connectivity index is 1.39. The summed E-state index contributed by atoms with van der Waals surface area (Å²) >= 11 is 0. The van der Waals surface area contributed by atoms with E-state index >= 15 is 0 Å². The number of aliphatic imine (C=N–C) groups is 1. The molecule has 5 heteroatoms. The van der Waals surface area contributed by atoms with Crippen molar-refractivity contribution in [3.63, 3.8) is 0 Å². The number of para-hydroxylation sites is 1. The molecule has 1 amide bonds. The Morgan fingerprint density at radius 3 is 2.81 bits per heavy atom. The molecule has 142 valence electrons. The number of fused-ring (bicyclic) bond motifs is 1. The summed E-state index contributed by atoms with van der Waals surface area (Å²) in [7, 11) is 1.80. The van der Waals surface area contributed by atoms with E-state index in [1.165, 1.54) is 50.5 Å². The molecule has 0 aromatic heterocycles. The van der Waals surface area contributed by atoms with Gasteiger partial charge < -0.3 is 16.0 Å². The molecule has 1 atom stereocenters. The minimum absolute atomic E-state index is 0.0883. The molecule has 1 heterocycles. The van der Waals surface area contributed by atoms with E-state index in [-0.39, 0.29) is 11.8 Å². The van der Waals surface area contributed by atoms with Crippen molar-refractivity contribution in [1.82, 2.24) is 10.6 Å². The van der Waals surface area contributed by atoms with Crippen LogP contribution in [0.15, 0.2) is 29.3 Å². The molecule has 0 bridgehead atoms. The monoisotopic (exact) mass is 356 g/mol. The van der Waals surface area contributed by atoms with E-state index in [1.807, 2.05) is 18.2 Å². The fourth-order valence-electron chi connectivity index (χ4n) is 4.19. The molecule has 1 aliphatic heterocycles. The summed E-state index contributed by atoms with van der Waals surface area (Å²) in [5.41, 5.74) is 2.14. The van der Waals surface area contributed by atoms with Crippen LogP contribution in [0.5, 0.6) is 0 Å². The SMILES string of the molecule is CN=C(NCCCCC1CCCC1)NCC1CC(=O)Nc2ccccc21. The van der Waals surface area contributed by atoms with Crippen LogP contribution in [-0.4, -0.2) is 32.0 Å². The van der Waals surface area contributed by atoms with Crippen molar-refractivity contribution in [2.45, 2.75) is 57.3 Å². The van der Waals surface area contributed by atoms with Gasteiger partial charge in [0.15, 0.2) is 5.96 Å². The van der Waals surface area contributed by atoms with Crippen LogP contribution < -0.4 is 16.0 Å². The van der Waals surface area contributed by atoms with Crippen LogP contribution in [-0.2, 0) is 4.79 Å². The van der Waals surface area contributed by atoms with Crippen molar-refractivity contribution < 1.29 is 4.79 Å². The molecule has 0 radical (unpaired) electrons. The highest BCUT2D eigenvalue weighted by molar-refractivity contribution is 5.94. The van der Waals surface area contributed by atoms with E-state index in [0.29, 0.717) is 13.0 Å². The van der Waals surface area contributed by atoms with Crippen molar-refractivity contribution in [1.29, 1.82) is 0 Å². The largest absolute Gasteiger partial charge is 0.356 e. The number of guanidine groups is 1. The van der Waals surface area contributed by atoms with Gasteiger partial charge in [0.25, 0.3) is 0 Å². The number of nitrogens with one attached hydrogen (secondary N) is 3. The summed E-state index contributed by atoms with van der Waals surface area (Å²) in [5.74, 6) is 2.07. The van der Waals surface area contributed by atoms with E-state index in [9.17, 15) is 4.79 Å². The first-order valence-electron chi connectivity index (χ1n) is 10.1. The number of nitrogens with zero attached hydrogens (tertiary/aromatic N) is 1. The first-order chi connectivity index (χ1) is 12.8. The van der Waals surface area contributed by atoms with Crippen molar-refractivity contribution in [2.75, 3.05) is 25.5 Å². The Bertz CT molecular complexity index is 622. The zero-order valence-corrected chi connectivity index (χ0v) is 15.9. The molecule has 3 rings (SSSR count). The van der Waals surface area contributed by atoms with E-state index in [2.05, 4.69) is 27.0 Å². The summed E-state index contributed by atoms with van der Waals surface area (Å²) in [5, 5.41) is 9.75. The number of anilines is 1. The molecular weight excluding hydrogens is 324 g/mol. The fraction of sp³-hybridized carbons (Fsp3) is 0.619. The maximum absolute atomic E-state index is 11.9. The zero-order valence-electron chi connectivity index (χ0n) is 15.9. The highest BCUT2D eigenvalue weighted by Crippen LogP contribution is 2.31. The molecule has 1 aromatic rings. The van der Waals surface area contributed by atoms with Gasteiger partial charge in [0.1, 0.15) is 0 Å². The van der Waals surface area contributed by atoms with Gasteiger partial charge in [-0.05, 0) is 24.0 Å². The lowest BCUT2D eigenvalue weighted by Crippen LogP contribution is -2.41. The molecule has 2 aliphatic rings. The van der Waals surface area contributed by atoms with Crippen LogP contribution in [0.1, 0.15) is 62.8 Å². The number of benzene rings is 1. The Kier molecular flexibility index (Phi) is 6.92. The highest BCUT2D eigenvalue weighted by atomic mass is 16.1. The molecule has 1 unspecified atom stereocenters. The van der Waals surface area contributed by atoms with Gasteiger partial charge in [0, 0.05) is 38.2 Å². The Morgan fingerprint density at radius 1 is 1.19 bits per heavy atom. The summed E-state index contributed by atoms with van der Waals surface area (Å²) < 4.78 is 0. The predicted octanol–water partition coefficient (Wildman–Crippen LogP) is 3.64. The van der Waals surface area contributed by atoms with Gasteiger partial charge in [-0.3, -0.25) is 9.79 Å². The average Bonchev–Trinajstić information content (AvgIpc) is 3.17. The number of carbonyl (C=O) groups excluding carboxylic acids is 1. The van der Waals surface area contributed by atoms with E-state index in [1.54, 1.807) is 7.05 Å². The number of amides is 1. The molecule has 3 N–H and O–H groups in total. The lowest BCUT2D eigenvalue weighted by Gasteiger charge is -2.26. The maximum atomic E-state index is 11.9. The first kappa shape index (κ1) is 18.7. The van der Waals surface area contributed by atoms with Gasteiger partial charge in [-0.15, -0.1) is 0 Å². The Labute approximate surface area is 157 Å². The summed E-state index contributed by atoms with van der Waals surface area (Å²) in [4.78, 5) is 16.2. The lowest BCUT2D eigenvalue weighted by atomic mass is 9.90. The Hall–Kier alpha value is -2.04. The summed E-state index contributed by atoms with van der Waals surface area (Å²) in [6.45, 7) is 1.67. The molecule has 0 spiro atoms. The minimum atomic E-state index is 0.0883. The second kappa shape index (κ2) is 9.60.